The van der Waals surface area contributed by atoms with Gasteiger partial charge >= 0.3 is 5.97 Å². The average Bonchev–Trinajstić information content (AvgIpc) is 3.46. The van der Waals surface area contributed by atoms with Gasteiger partial charge in [-0.25, -0.2) is 13.5 Å². The highest BCUT2D eigenvalue weighted by Gasteiger charge is 2.67. The van der Waals surface area contributed by atoms with Crippen molar-refractivity contribution in [3.8, 4) is 6.07 Å². The number of carboxylic acid groups (broad SMARTS) is 1. The second-order valence-corrected chi connectivity index (χ2v) is 11.7. The van der Waals surface area contributed by atoms with Gasteiger partial charge < -0.3 is 10.8 Å². The number of nitrogens with two attached hydrogens (primary N) is 1. The normalized spacial score (nSPS) is 24.0. The highest BCUT2D eigenvalue weighted by atomic mass is 35.5. The van der Waals surface area contributed by atoms with Crippen molar-refractivity contribution in [1.82, 2.24) is 19.9 Å². The molecule has 210 valence electrons. The molecule has 1 aromatic heterocycles. The van der Waals surface area contributed by atoms with Crippen LogP contribution < -0.4 is 5.73 Å². The maximum absolute atomic E-state index is 15.9. The maximum atomic E-state index is 15.9. The highest BCUT2D eigenvalue weighted by Crippen LogP contribution is 2.58. The molecule has 9 nitrogen and oxygen atoms in total. The molecule has 4 rings (SSSR count). The zero-order valence-corrected chi connectivity index (χ0v) is 23.2. The van der Waals surface area contributed by atoms with Crippen molar-refractivity contribution >= 4 is 35.1 Å². The summed E-state index contributed by atoms with van der Waals surface area (Å²) >= 11 is 12.2. The number of amides is 1. The minimum absolute atomic E-state index is 0.0365. The third-order valence-electron chi connectivity index (χ3n) is 7.18. The molecule has 2 aromatic carbocycles. The molecule has 1 aliphatic heterocycles. The van der Waals surface area contributed by atoms with Crippen molar-refractivity contribution in [2.75, 3.05) is 0 Å². The molecule has 13 heteroatoms. The van der Waals surface area contributed by atoms with Crippen LogP contribution in [0.15, 0.2) is 48.8 Å². The Morgan fingerprint density at radius 2 is 1.95 bits per heavy atom. The average molecular weight is 591 g/mol. The molecule has 1 aliphatic rings. The molecular formula is C27H26Cl2F2N6O3. The molecule has 40 heavy (non-hydrogen) atoms. The van der Waals surface area contributed by atoms with Crippen LogP contribution in [0.3, 0.4) is 0 Å². The van der Waals surface area contributed by atoms with E-state index in [4.69, 9.17) is 28.9 Å². The lowest BCUT2D eigenvalue weighted by molar-refractivity contribution is -0.147. The Kier molecular flexibility index (Phi) is 7.91. The van der Waals surface area contributed by atoms with E-state index in [9.17, 15) is 20.0 Å². The maximum Gasteiger partial charge on any atom is 0.321 e. The number of benzene rings is 2. The van der Waals surface area contributed by atoms with E-state index in [1.807, 2.05) is 20.8 Å². The zero-order valence-electron chi connectivity index (χ0n) is 21.7. The van der Waals surface area contributed by atoms with E-state index in [1.54, 1.807) is 0 Å². The second kappa shape index (κ2) is 10.8. The van der Waals surface area contributed by atoms with Crippen molar-refractivity contribution in [3.05, 3.63) is 81.6 Å². The fraction of sp³-hybridized carbons (Fsp3) is 0.370. The third kappa shape index (κ3) is 4.91. The highest BCUT2D eigenvalue weighted by molar-refractivity contribution is 6.31. The van der Waals surface area contributed by atoms with Crippen molar-refractivity contribution in [2.24, 2.45) is 11.1 Å². The molecule has 1 unspecified atom stereocenters. The first-order valence-corrected chi connectivity index (χ1v) is 13.0. The van der Waals surface area contributed by atoms with E-state index in [2.05, 4.69) is 16.4 Å². The molecule has 1 amide bonds. The first-order valence-electron chi connectivity index (χ1n) is 12.2. The first kappa shape index (κ1) is 29.4. The van der Waals surface area contributed by atoms with E-state index in [0.717, 1.165) is 10.7 Å². The summed E-state index contributed by atoms with van der Waals surface area (Å²) in [6.45, 7) is 5.51. The van der Waals surface area contributed by atoms with Crippen LogP contribution in [0.2, 0.25) is 10.0 Å². The Bertz CT molecular complexity index is 1490. The first-order chi connectivity index (χ1) is 18.7. The predicted molar refractivity (Wildman–Crippen MR) is 142 cm³/mol. The van der Waals surface area contributed by atoms with Gasteiger partial charge in [0, 0.05) is 28.7 Å². The number of nitriles is 1. The molecule has 5 atom stereocenters. The van der Waals surface area contributed by atoms with Gasteiger partial charge in [-0.05, 0) is 35.6 Å². The second-order valence-electron chi connectivity index (χ2n) is 10.9. The number of likely N-dealkylation sites (tertiary alicyclic amines) is 1. The van der Waals surface area contributed by atoms with Crippen LogP contribution in [0.4, 0.5) is 8.78 Å². The number of aliphatic carboxylic acids is 1. The zero-order chi connectivity index (χ0) is 29.6. The Hall–Kier alpha value is -3.59. The number of nitrogens with zero attached hydrogens (tertiary/aromatic N) is 5. The van der Waals surface area contributed by atoms with Gasteiger partial charge in [-0.2, -0.15) is 5.26 Å². The summed E-state index contributed by atoms with van der Waals surface area (Å²) in [5, 5.41) is 29.0. The lowest BCUT2D eigenvalue weighted by Gasteiger charge is -2.41. The topological polar surface area (TPSA) is 138 Å². The predicted octanol–water partition coefficient (Wildman–Crippen LogP) is 4.67. The molecule has 0 bridgehead atoms. The summed E-state index contributed by atoms with van der Waals surface area (Å²) in [6, 6.07) is 6.82. The Labute approximate surface area is 239 Å². The summed E-state index contributed by atoms with van der Waals surface area (Å²) in [4.78, 5) is 27.4. The molecule has 0 saturated carbocycles. The monoisotopic (exact) mass is 590 g/mol. The minimum Gasteiger partial charge on any atom is -0.480 e. The van der Waals surface area contributed by atoms with E-state index in [0.29, 0.717) is 0 Å². The standard InChI is InChI=1S/C27H26Cl2F2N6O3/c1-26(2,3)12-19-27(13-32,16-8-7-14(28)11-18(16)30)20(15-5-4-6-17(29)21(15)31)22(25(39)40)37(19)24(23(33)38)36-10-9-34-35-36/h4-11,19-20,22,24H,12H2,1-3H3,(H2,33,38)(H,39,40)/t19-,20-,22+,24?,27-/m0/s1. The van der Waals surface area contributed by atoms with Crippen molar-refractivity contribution < 1.29 is 23.5 Å². The van der Waals surface area contributed by atoms with Crippen LogP contribution in [-0.4, -0.2) is 49.0 Å². The molecule has 3 N–H and O–H groups in total. The number of hydrogen-bond donors (Lipinski definition) is 2. The molecular weight excluding hydrogens is 565 g/mol. The number of hydrogen-bond acceptors (Lipinski definition) is 6. The minimum atomic E-state index is -2.08. The molecule has 1 saturated heterocycles. The SMILES string of the molecule is CC(C)(C)C[C@@H]1N(C(C(N)=O)n2ccnn2)[C@@H](C(=O)O)[C@H](c2cccc(Cl)c2F)[C@@]1(C#N)c1ccc(Cl)cc1F. The van der Waals surface area contributed by atoms with Crippen LogP contribution in [0, 0.1) is 28.4 Å². The molecule has 2 heterocycles. The smallest absolute Gasteiger partial charge is 0.321 e. The third-order valence-corrected chi connectivity index (χ3v) is 7.71. The number of carboxylic acids is 1. The molecule has 0 aliphatic carbocycles. The molecule has 1 fully saturated rings. The van der Waals surface area contributed by atoms with Crippen LogP contribution in [-0.2, 0) is 15.0 Å². The van der Waals surface area contributed by atoms with Crippen LogP contribution in [0.25, 0.3) is 0 Å². The molecule has 0 spiro atoms. The van der Waals surface area contributed by atoms with Crippen LogP contribution >= 0.6 is 23.2 Å². The van der Waals surface area contributed by atoms with E-state index in [-0.39, 0.29) is 27.6 Å². The molecule has 0 radical (unpaired) electrons. The summed E-state index contributed by atoms with van der Waals surface area (Å²) in [5.74, 6) is -5.94. The van der Waals surface area contributed by atoms with Crippen LogP contribution in [0.5, 0.6) is 0 Å². The van der Waals surface area contributed by atoms with Crippen LogP contribution in [0.1, 0.15) is 50.4 Å². The van der Waals surface area contributed by atoms with E-state index >= 15 is 8.78 Å². The van der Waals surface area contributed by atoms with Gasteiger partial charge in [0.15, 0.2) is 6.17 Å². The van der Waals surface area contributed by atoms with Crippen molar-refractivity contribution in [3.63, 3.8) is 0 Å². The van der Waals surface area contributed by atoms with Crippen molar-refractivity contribution in [1.29, 1.82) is 5.26 Å². The molecule has 3 aromatic rings. The lowest BCUT2D eigenvalue weighted by Crippen LogP contribution is -2.53. The summed E-state index contributed by atoms with van der Waals surface area (Å²) in [6.07, 6.45) is 1.06. The number of rotatable bonds is 7. The van der Waals surface area contributed by atoms with Gasteiger partial charge in [0.2, 0.25) is 0 Å². The van der Waals surface area contributed by atoms with Gasteiger partial charge in [-0.3, -0.25) is 14.5 Å². The summed E-state index contributed by atoms with van der Waals surface area (Å²) in [5.41, 5.74) is 2.68. The Morgan fingerprint density at radius 1 is 1.25 bits per heavy atom. The van der Waals surface area contributed by atoms with Gasteiger partial charge in [0.1, 0.15) is 23.1 Å². The Balaban J connectivity index is 2.20. The quantitative estimate of drug-likeness (QED) is 0.408. The Morgan fingerprint density at radius 3 is 2.48 bits per heavy atom. The number of primary amides is 1. The number of carbonyl (C=O) groups excluding carboxylic acids is 1. The number of carbonyl (C=O) groups is 2. The van der Waals surface area contributed by atoms with Gasteiger partial charge in [0.25, 0.3) is 5.91 Å². The fourth-order valence-corrected chi connectivity index (χ4v) is 6.15. The van der Waals surface area contributed by atoms with Gasteiger partial charge in [0.05, 0.1) is 17.3 Å². The fourth-order valence-electron chi connectivity index (χ4n) is 5.81. The summed E-state index contributed by atoms with van der Waals surface area (Å²) < 4.78 is 32.7. The number of halogens is 4. The van der Waals surface area contributed by atoms with Gasteiger partial charge in [-0.1, -0.05) is 67.4 Å². The largest absolute Gasteiger partial charge is 0.480 e. The van der Waals surface area contributed by atoms with Crippen molar-refractivity contribution in [2.45, 2.75) is 56.8 Å². The number of aromatic nitrogens is 3. The van der Waals surface area contributed by atoms with E-state index in [1.165, 1.54) is 47.6 Å². The summed E-state index contributed by atoms with van der Waals surface area (Å²) in [7, 11) is 0. The van der Waals surface area contributed by atoms with E-state index < -0.39 is 58.5 Å². The lowest BCUT2D eigenvalue weighted by atomic mass is 9.62. The van der Waals surface area contributed by atoms with Gasteiger partial charge in [-0.15, -0.1) is 5.10 Å².